The third-order valence-electron chi connectivity index (χ3n) is 1.47. The second-order valence-corrected chi connectivity index (χ2v) is 2.38. The van der Waals surface area contributed by atoms with Crippen molar-refractivity contribution in [2.75, 3.05) is 30.4 Å². The van der Waals surface area contributed by atoms with Crippen molar-refractivity contribution in [2.24, 2.45) is 0 Å². The van der Waals surface area contributed by atoms with E-state index in [2.05, 4.69) is 15.3 Å². The fraction of sp³-hybridized carbons (Fsp3) is 0.429. The van der Waals surface area contributed by atoms with E-state index in [0.717, 1.165) is 0 Å². The summed E-state index contributed by atoms with van der Waals surface area (Å²) in [7, 11) is 1.48. The van der Waals surface area contributed by atoms with E-state index in [-0.39, 0.29) is 5.95 Å². The summed E-state index contributed by atoms with van der Waals surface area (Å²) in [5, 5.41) is 2.96. The van der Waals surface area contributed by atoms with E-state index in [1.807, 2.05) is 6.92 Å². The average molecular weight is 183 g/mol. The molecule has 1 aromatic heterocycles. The van der Waals surface area contributed by atoms with E-state index in [9.17, 15) is 0 Å². The van der Waals surface area contributed by atoms with Crippen LogP contribution in [-0.4, -0.2) is 23.6 Å². The van der Waals surface area contributed by atoms with Crippen LogP contribution in [0, 0.1) is 0 Å². The Bertz CT molecular complexity index is 301. The molecule has 0 radical (unpaired) electrons. The molecule has 1 rings (SSSR count). The van der Waals surface area contributed by atoms with Crippen molar-refractivity contribution in [1.29, 1.82) is 0 Å². The number of nitrogen functional groups attached to an aromatic ring is 2. The molecule has 5 N–H and O–H groups in total. The smallest absolute Gasteiger partial charge is 0.244 e. The predicted molar refractivity (Wildman–Crippen MR) is 51.6 cm³/mol. The van der Waals surface area contributed by atoms with Crippen LogP contribution in [0.15, 0.2) is 0 Å². The molecule has 0 aliphatic carbocycles. The van der Waals surface area contributed by atoms with Gasteiger partial charge in [0.15, 0.2) is 5.82 Å². The van der Waals surface area contributed by atoms with Crippen LogP contribution in [0.2, 0.25) is 0 Å². The number of anilines is 3. The Morgan fingerprint density at radius 2 is 2.08 bits per heavy atom. The van der Waals surface area contributed by atoms with E-state index in [0.29, 0.717) is 23.9 Å². The molecule has 0 unspecified atom stereocenters. The molecule has 0 aromatic carbocycles. The van der Waals surface area contributed by atoms with Crippen molar-refractivity contribution < 1.29 is 4.74 Å². The molecular formula is C7H13N5O. The molecule has 0 spiro atoms. The molecule has 1 aromatic rings. The van der Waals surface area contributed by atoms with Crippen molar-refractivity contribution >= 4 is 17.5 Å². The molecule has 0 aliphatic heterocycles. The molecule has 0 saturated carbocycles. The second-order valence-electron chi connectivity index (χ2n) is 2.38. The molecule has 0 aliphatic rings. The standard InChI is InChI=1S/C7H13N5O/c1-3-10-5-4(8)6(13-2)12-7(9)11-5/h3,8H2,1-2H3,(H3,9,10,11,12). The first-order valence-electron chi connectivity index (χ1n) is 3.89. The Balaban J connectivity index is 3.11. The summed E-state index contributed by atoms with van der Waals surface area (Å²) in [4.78, 5) is 7.74. The van der Waals surface area contributed by atoms with Crippen LogP contribution in [0.5, 0.6) is 5.88 Å². The number of rotatable bonds is 3. The zero-order valence-electron chi connectivity index (χ0n) is 7.66. The van der Waals surface area contributed by atoms with Gasteiger partial charge in [-0.25, -0.2) is 0 Å². The van der Waals surface area contributed by atoms with E-state index < -0.39 is 0 Å². The number of nitrogens with two attached hydrogens (primary N) is 2. The normalized spacial score (nSPS) is 9.69. The summed E-state index contributed by atoms with van der Waals surface area (Å²) >= 11 is 0. The largest absolute Gasteiger partial charge is 0.479 e. The lowest BCUT2D eigenvalue weighted by atomic mass is 10.4. The van der Waals surface area contributed by atoms with Gasteiger partial charge in [0.1, 0.15) is 5.69 Å². The second kappa shape index (κ2) is 3.79. The van der Waals surface area contributed by atoms with Gasteiger partial charge in [-0.3, -0.25) is 0 Å². The van der Waals surface area contributed by atoms with Gasteiger partial charge in [0.05, 0.1) is 7.11 Å². The van der Waals surface area contributed by atoms with Gasteiger partial charge in [-0.15, -0.1) is 0 Å². The van der Waals surface area contributed by atoms with Crippen LogP contribution >= 0.6 is 0 Å². The van der Waals surface area contributed by atoms with E-state index in [4.69, 9.17) is 16.2 Å². The van der Waals surface area contributed by atoms with Gasteiger partial charge in [-0.05, 0) is 6.92 Å². The van der Waals surface area contributed by atoms with Crippen LogP contribution in [-0.2, 0) is 0 Å². The Kier molecular flexibility index (Phi) is 2.73. The van der Waals surface area contributed by atoms with E-state index in [1.54, 1.807) is 0 Å². The quantitative estimate of drug-likeness (QED) is 0.613. The zero-order chi connectivity index (χ0) is 9.84. The number of aromatic nitrogens is 2. The molecule has 0 atom stereocenters. The maximum atomic E-state index is 5.68. The minimum atomic E-state index is 0.141. The Morgan fingerprint density at radius 1 is 1.38 bits per heavy atom. The molecule has 0 amide bonds. The number of methoxy groups -OCH3 is 1. The molecule has 0 bridgehead atoms. The third-order valence-corrected chi connectivity index (χ3v) is 1.47. The van der Waals surface area contributed by atoms with Gasteiger partial charge in [0.25, 0.3) is 0 Å². The van der Waals surface area contributed by atoms with E-state index >= 15 is 0 Å². The monoisotopic (exact) mass is 183 g/mol. The molecule has 13 heavy (non-hydrogen) atoms. The molecule has 1 heterocycles. The maximum Gasteiger partial charge on any atom is 0.244 e. The van der Waals surface area contributed by atoms with Gasteiger partial charge < -0.3 is 21.5 Å². The van der Waals surface area contributed by atoms with Gasteiger partial charge in [-0.1, -0.05) is 0 Å². The summed E-state index contributed by atoms with van der Waals surface area (Å²) in [6.07, 6.45) is 0. The predicted octanol–water partition coefficient (Wildman–Crippen LogP) is 0.0814. The lowest BCUT2D eigenvalue weighted by molar-refractivity contribution is 0.400. The minimum Gasteiger partial charge on any atom is -0.479 e. The van der Waals surface area contributed by atoms with E-state index in [1.165, 1.54) is 7.11 Å². The number of hydrogen-bond donors (Lipinski definition) is 3. The van der Waals surface area contributed by atoms with Gasteiger partial charge in [-0.2, -0.15) is 9.97 Å². The van der Waals surface area contributed by atoms with Crippen LogP contribution in [0.1, 0.15) is 6.92 Å². The molecule has 0 fully saturated rings. The SMILES string of the molecule is CCNc1nc(N)nc(OC)c1N. The molecule has 0 saturated heterocycles. The van der Waals surface area contributed by atoms with Crippen LogP contribution < -0.4 is 21.5 Å². The number of ether oxygens (including phenoxy) is 1. The fourth-order valence-corrected chi connectivity index (χ4v) is 0.923. The lowest BCUT2D eigenvalue weighted by Crippen LogP contribution is -2.08. The highest BCUT2D eigenvalue weighted by molar-refractivity contribution is 5.68. The highest BCUT2D eigenvalue weighted by Crippen LogP contribution is 2.25. The molecule has 72 valence electrons. The Hall–Kier alpha value is -1.72. The van der Waals surface area contributed by atoms with Crippen molar-refractivity contribution in [3.05, 3.63) is 0 Å². The first-order chi connectivity index (χ1) is 6.19. The average Bonchev–Trinajstić information content (AvgIpc) is 2.11. The van der Waals surface area contributed by atoms with Crippen molar-refractivity contribution in [3.8, 4) is 5.88 Å². The summed E-state index contributed by atoms with van der Waals surface area (Å²) in [6.45, 7) is 2.65. The number of nitrogens with one attached hydrogen (secondary N) is 1. The zero-order valence-corrected chi connectivity index (χ0v) is 7.66. The van der Waals surface area contributed by atoms with Crippen molar-refractivity contribution in [2.45, 2.75) is 6.92 Å². The minimum absolute atomic E-state index is 0.141. The molecule has 6 nitrogen and oxygen atoms in total. The Labute approximate surface area is 76.3 Å². The topological polar surface area (TPSA) is 99.1 Å². The molecule has 6 heteroatoms. The Morgan fingerprint density at radius 3 is 2.62 bits per heavy atom. The van der Waals surface area contributed by atoms with Gasteiger partial charge >= 0.3 is 0 Å². The summed E-state index contributed by atoms with van der Waals surface area (Å²) < 4.78 is 4.92. The van der Waals surface area contributed by atoms with Crippen molar-refractivity contribution in [3.63, 3.8) is 0 Å². The highest BCUT2D eigenvalue weighted by atomic mass is 16.5. The van der Waals surface area contributed by atoms with Gasteiger partial charge in [0.2, 0.25) is 11.8 Å². The number of hydrogen-bond acceptors (Lipinski definition) is 6. The first kappa shape index (κ1) is 9.37. The van der Waals surface area contributed by atoms with Crippen LogP contribution in [0.4, 0.5) is 17.5 Å². The lowest BCUT2D eigenvalue weighted by Gasteiger charge is -2.09. The summed E-state index contributed by atoms with van der Waals surface area (Å²) in [5.41, 5.74) is 11.5. The first-order valence-corrected chi connectivity index (χ1v) is 3.89. The maximum absolute atomic E-state index is 5.68. The third kappa shape index (κ3) is 1.90. The van der Waals surface area contributed by atoms with Crippen LogP contribution in [0.3, 0.4) is 0 Å². The van der Waals surface area contributed by atoms with Gasteiger partial charge in [0, 0.05) is 6.54 Å². The summed E-state index contributed by atoms with van der Waals surface area (Å²) in [5.74, 6) is 0.942. The summed E-state index contributed by atoms with van der Waals surface area (Å²) in [6, 6.07) is 0. The molecular weight excluding hydrogens is 170 g/mol. The highest BCUT2D eigenvalue weighted by Gasteiger charge is 2.09. The fourth-order valence-electron chi connectivity index (χ4n) is 0.923. The van der Waals surface area contributed by atoms with Crippen LogP contribution in [0.25, 0.3) is 0 Å². The van der Waals surface area contributed by atoms with Crippen molar-refractivity contribution in [1.82, 2.24) is 9.97 Å². The number of nitrogens with zero attached hydrogens (tertiary/aromatic N) is 2.